The summed E-state index contributed by atoms with van der Waals surface area (Å²) in [6.07, 6.45) is -0.170. The van der Waals surface area contributed by atoms with Crippen molar-refractivity contribution in [3.63, 3.8) is 0 Å². The second kappa shape index (κ2) is 3.66. The van der Waals surface area contributed by atoms with Crippen LogP contribution < -0.4 is 5.32 Å². The molecular formula is C9H13N3O2. The summed E-state index contributed by atoms with van der Waals surface area (Å²) in [5.74, 6) is -0.456. The van der Waals surface area contributed by atoms with Gasteiger partial charge in [-0.15, -0.1) is 0 Å². The molecule has 0 bridgehead atoms. The molecular weight excluding hydrogens is 182 g/mol. The third kappa shape index (κ3) is 1.69. The average Bonchev–Trinajstić information content (AvgIpc) is 2.10. The van der Waals surface area contributed by atoms with E-state index in [4.69, 9.17) is 5.26 Å². The number of rotatable bonds is 1. The van der Waals surface area contributed by atoms with Gasteiger partial charge in [0, 0.05) is 13.1 Å². The number of piperazine rings is 1. The molecule has 2 amide bonds. The van der Waals surface area contributed by atoms with Crippen LogP contribution in [0.25, 0.3) is 0 Å². The highest BCUT2D eigenvalue weighted by molar-refractivity contribution is 5.92. The van der Waals surface area contributed by atoms with Crippen LogP contribution in [0.4, 0.5) is 0 Å². The van der Waals surface area contributed by atoms with Gasteiger partial charge >= 0.3 is 0 Å². The highest BCUT2D eigenvalue weighted by atomic mass is 16.2. The van der Waals surface area contributed by atoms with Gasteiger partial charge in [0.15, 0.2) is 0 Å². The molecule has 0 aromatic rings. The maximum Gasteiger partial charge on any atom is 0.245 e. The summed E-state index contributed by atoms with van der Waals surface area (Å²) in [5, 5.41) is 11.1. The molecule has 0 spiro atoms. The largest absolute Gasteiger partial charge is 0.352 e. The third-order valence-corrected chi connectivity index (χ3v) is 2.38. The van der Waals surface area contributed by atoms with E-state index in [1.807, 2.05) is 0 Å². The van der Waals surface area contributed by atoms with E-state index in [9.17, 15) is 9.59 Å². The minimum atomic E-state index is -0.841. The Labute approximate surface area is 82.7 Å². The van der Waals surface area contributed by atoms with Crippen molar-refractivity contribution >= 4 is 11.8 Å². The van der Waals surface area contributed by atoms with Crippen LogP contribution in [0.2, 0.25) is 0 Å². The zero-order valence-corrected chi connectivity index (χ0v) is 8.33. The maximum atomic E-state index is 11.5. The van der Waals surface area contributed by atoms with E-state index in [0.29, 0.717) is 13.1 Å². The molecule has 5 nitrogen and oxygen atoms in total. The SMILES string of the molecule is CC1(C)C(=O)NCCN1C(=O)CC#N. The van der Waals surface area contributed by atoms with Gasteiger partial charge in [-0.3, -0.25) is 9.59 Å². The number of nitrogens with zero attached hydrogens (tertiary/aromatic N) is 2. The minimum absolute atomic E-state index is 0.170. The van der Waals surface area contributed by atoms with Crippen molar-refractivity contribution in [2.45, 2.75) is 25.8 Å². The molecule has 0 radical (unpaired) electrons. The molecule has 1 fully saturated rings. The first-order chi connectivity index (χ1) is 6.50. The zero-order chi connectivity index (χ0) is 10.8. The van der Waals surface area contributed by atoms with Crippen LogP contribution in [0, 0.1) is 11.3 Å². The fraction of sp³-hybridized carbons (Fsp3) is 0.667. The van der Waals surface area contributed by atoms with Gasteiger partial charge in [0.2, 0.25) is 11.8 Å². The van der Waals surface area contributed by atoms with Crippen molar-refractivity contribution in [3.05, 3.63) is 0 Å². The van der Waals surface area contributed by atoms with E-state index in [1.54, 1.807) is 19.9 Å². The first kappa shape index (κ1) is 10.5. The van der Waals surface area contributed by atoms with Gasteiger partial charge in [-0.1, -0.05) is 0 Å². The highest BCUT2D eigenvalue weighted by Gasteiger charge is 2.39. The highest BCUT2D eigenvalue weighted by Crippen LogP contribution is 2.18. The normalized spacial score (nSPS) is 19.8. The van der Waals surface area contributed by atoms with E-state index in [1.165, 1.54) is 4.90 Å². The molecule has 1 rings (SSSR count). The first-order valence-electron chi connectivity index (χ1n) is 4.46. The summed E-state index contributed by atoms with van der Waals surface area (Å²) >= 11 is 0. The van der Waals surface area contributed by atoms with Crippen LogP contribution >= 0.6 is 0 Å². The van der Waals surface area contributed by atoms with E-state index in [2.05, 4.69) is 5.32 Å². The number of hydrogen-bond donors (Lipinski definition) is 1. The topological polar surface area (TPSA) is 73.2 Å². The molecule has 76 valence electrons. The van der Waals surface area contributed by atoms with Gasteiger partial charge in [0.25, 0.3) is 0 Å². The van der Waals surface area contributed by atoms with Gasteiger partial charge < -0.3 is 10.2 Å². The van der Waals surface area contributed by atoms with Crippen LogP contribution in [-0.4, -0.2) is 35.3 Å². The Morgan fingerprint density at radius 2 is 2.36 bits per heavy atom. The Balaban J connectivity index is 2.82. The molecule has 0 aromatic heterocycles. The van der Waals surface area contributed by atoms with Crippen LogP contribution in [0.15, 0.2) is 0 Å². The fourth-order valence-electron chi connectivity index (χ4n) is 1.50. The van der Waals surface area contributed by atoms with E-state index in [0.717, 1.165) is 0 Å². The van der Waals surface area contributed by atoms with Crippen LogP contribution in [0.5, 0.6) is 0 Å². The number of nitrogens with one attached hydrogen (secondary N) is 1. The summed E-state index contributed by atoms with van der Waals surface area (Å²) in [5.41, 5.74) is -0.841. The van der Waals surface area contributed by atoms with Gasteiger partial charge in [-0.05, 0) is 13.8 Å². The molecule has 0 saturated carbocycles. The Kier molecular flexibility index (Phi) is 2.75. The number of nitriles is 1. The lowest BCUT2D eigenvalue weighted by Crippen LogP contribution is -2.63. The second-order valence-corrected chi connectivity index (χ2v) is 3.70. The number of hydrogen-bond acceptors (Lipinski definition) is 3. The Morgan fingerprint density at radius 3 is 2.93 bits per heavy atom. The lowest BCUT2D eigenvalue weighted by molar-refractivity contribution is -0.148. The predicted molar refractivity (Wildman–Crippen MR) is 49.0 cm³/mol. The van der Waals surface area contributed by atoms with Crippen molar-refractivity contribution in [3.8, 4) is 6.07 Å². The smallest absolute Gasteiger partial charge is 0.245 e. The standard InChI is InChI=1S/C9H13N3O2/c1-9(2)8(14)11-5-6-12(9)7(13)3-4-10/h3,5-6H2,1-2H3,(H,11,14). The number of carbonyl (C=O) groups is 2. The Hall–Kier alpha value is -1.57. The van der Waals surface area contributed by atoms with E-state index in [-0.39, 0.29) is 18.2 Å². The average molecular weight is 195 g/mol. The minimum Gasteiger partial charge on any atom is -0.352 e. The Morgan fingerprint density at radius 1 is 1.71 bits per heavy atom. The molecule has 0 atom stereocenters. The summed E-state index contributed by atoms with van der Waals surface area (Å²) in [6.45, 7) is 4.28. The van der Waals surface area contributed by atoms with Crippen molar-refractivity contribution in [2.24, 2.45) is 0 Å². The molecule has 1 aliphatic heterocycles. The number of amides is 2. The quantitative estimate of drug-likeness (QED) is 0.620. The first-order valence-corrected chi connectivity index (χ1v) is 4.46. The van der Waals surface area contributed by atoms with Crippen LogP contribution in [0.3, 0.4) is 0 Å². The lowest BCUT2D eigenvalue weighted by Gasteiger charge is -2.40. The van der Waals surface area contributed by atoms with Gasteiger partial charge in [-0.2, -0.15) is 5.26 Å². The van der Waals surface area contributed by atoms with Crippen LogP contribution in [0.1, 0.15) is 20.3 Å². The molecule has 14 heavy (non-hydrogen) atoms. The van der Waals surface area contributed by atoms with Crippen molar-refractivity contribution in [1.82, 2.24) is 10.2 Å². The van der Waals surface area contributed by atoms with Crippen LogP contribution in [-0.2, 0) is 9.59 Å². The summed E-state index contributed by atoms with van der Waals surface area (Å²) in [4.78, 5) is 24.4. The summed E-state index contributed by atoms with van der Waals surface area (Å²) in [7, 11) is 0. The number of carbonyl (C=O) groups excluding carboxylic acids is 2. The zero-order valence-electron chi connectivity index (χ0n) is 8.33. The second-order valence-electron chi connectivity index (χ2n) is 3.70. The van der Waals surface area contributed by atoms with Gasteiger partial charge in [-0.25, -0.2) is 0 Å². The van der Waals surface area contributed by atoms with Crippen molar-refractivity contribution < 1.29 is 9.59 Å². The van der Waals surface area contributed by atoms with Gasteiger partial charge in [0.05, 0.1) is 6.07 Å². The molecule has 1 N–H and O–H groups in total. The lowest BCUT2D eigenvalue weighted by atomic mass is 9.98. The predicted octanol–water partition coefficient (Wildman–Crippen LogP) is -0.363. The molecule has 1 aliphatic rings. The summed E-state index contributed by atoms with van der Waals surface area (Å²) in [6, 6.07) is 1.79. The van der Waals surface area contributed by atoms with E-state index < -0.39 is 5.54 Å². The molecule has 0 aromatic carbocycles. The maximum absolute atomic E-state index is 11.5. The Bertz CT molecular complexity index is 304. The summed E-state index contributed by atoms with van der Waals surface area (Å²) < 4.78 is 0. The van der Waals surface area contributed by atoms with Crippen molar-refractivity contribution in [1.29, 1.82) is 5.26 Å². The van der Waals surface area contributed by atoms with Gasteiger partial charge in [0.1, 0.15) is 12.0 Å². The monoisotopic (exact) mass is 195 g/mol. The molecule has 0 unspecified atom stereocenters. The molecule has 0 aliphatic carbocycles. The van der Waals surface area contributed by atoms with Crippen molar-refractivity contribution in [2.75, 3.05) is 13.1 Å². The fourth-order valence-corrected chi connectivity index (χ4v) is 1.50. The molecule has 1 heterocycles. The third-order valence-electron chi connectivity index (χ3n) is 2.38. The molecule has 5 heteroatoms. The molecule has 1 saturated heterocycles. The van der Waals surface area contributed by atoms with E-state index >= 15 is 0 Å².